The molecule has 0 aromatic heterocycles. The van der Waals surface area contributed by atoms with Crippen LogP contribution in [0.5, 0.6) is 0 Å². The average Bonchev–Trinajstić information content (AvgIpc) is 2.24. The fourth-order valence-electron chi connectivity index (χ4n) is 1.65. The van der Waals surface area contributed by atoms with Gasteiger partial charge in [0.1, 0.15) is 0 Å². The first-order valence-corrected chi connectivity index (χ1v) is 6.35. The number of hydrogen-bond donors (Lipinski definition) is 2. The maximum Gasteiger partial charge on any atom is 0.0963 e. The lowest BCUT2D eigenvalue weighted by Gasteiger charge is -2.26. The normalized spacial score (nSPS) is 14.0. The van der Waals surface area contributed by atoms with Crippen molar-refractivity contribution in [1.29, 1.82) is 5.41 Å². The van der Waals surface area contributed by atoms with Crippen LogP contribution in [0.25, 0.3) is 0 Å². The Kier molecular flexibility index (Phi) is 7.39. The number of unbranched alkanes of at least 4 members (excludes halogenated alkanes) is 1. The molecule has 0 saturated heterocycles. The molecule has 0 spiro atoms. The Morgan fingerprint density at radius 1 is 1.41 bits per heavy atom. The lowest BCUT2D eigenvalue weighted by molar-refractivity contribution is 0.114. The molecule has 4 nitrogen and oxygen atoms in total. The molecule has 0 aliphatic rings. The minimum absolute atomic E-state index is 0.156. The summed E-state index contributed by atoms with van der Waals surface area (Å²) in [6, 6.07) is 0.459. The minimum Gasteiger partial charge on any atom is -0.387 e. The Morgan fingerprint density at radius 3 is 2.47 bits per heavy atom. The smallest absolute Gasteiger partial charge is 0.0963 e. The molecule has 0 aliphatic carbocycles. The van der Waals surface area contributed by atoms with Crippen LogP contribution in [0.15, 0.2) is 0 Å². The van der Waals surface area contributed by atoms with Gasteiger partial charge in [0.05, 0.1) is 12.4 Å². The van der Waals surface area contributed by atoms with Gasteiger partial charge < -0.3 is 15.4 Å². The van der Waals surface area contributed by atoms with Crippen molar-refractivity contribution in [1.82, 2.24) is 4.90 Å². The summed E-state index contributed by atoms with van der Waals surface area (Å²) in [4.78, 5) is 2.31. The molecular formula is C13H29N3O. The van der Waals surface area contributed by atoms with Gasteiger partial charge in [-0.1, -0.05) is 20.3 Å². The molecule has 1 unspecified atom stereocenters. The number of amidine groups is 1. The molecule has 0 aromatic carbocycles. The van der Waals surface area contributed by atoms with E-state index in [4.69, 9.17) is 15.9 Å². The molecule has 102 valence electrons. The summed E-state index contributed by atoms with van der Waals surface area (Å²) in [5.41, 5.74) is 5.40. The molecule has 0 aromatic rings. The van der Waals surface area contributed by atoms with Crippen LogP contribution in [-0.2, 0) is 4.74 Å². The third-order valence-electron chi connectivity index (χ3n) is 3.45. The van der Waals surface area contributed by atoms with Crippen molar-refractivity contribution < 1.29 is 4.74 Å². The largest absolute Gasteiger partial charge is 0.387 e. The number of ether oxygens (including phenoxy) is 1. The molecule has 1 atom stereocenters. The van der Waals surface area contributed by atoms with Crippen LogP contribution in [0.3, 0.4) is 0 Å². The van der Waals surface area contributed by atoms with Crippen LogP contribution >= 0.6 is 0 Å². The van der Waals surface area contributed by atoms with Crippen molar-refractivity contribution in [2.24, 2.45) is 11.1 Å². The third kappa shape index (κ3) is 6.64. The maximum absolute atomic E-state index is 7.49. The highest BCUT2D eigenvalue weighted by Crippen LogP contribution is 2.22. The molecule has 0 rings (SSSR count). The van der Waals surface area contributed by atoms with Crippen molar-refractivity contribution in [2.45, 2.75) is 46.1 Å². The quantitative estimate of drug-likeness (QED) is 0.370. The monoisotopic (exact) mass is 243 g/mol. The summed E-state index contributed by atoms with van der Waals surface area (Å²) in [5, 5.41) is 7.49. The third-order valence-corrected chi connectivity index (χ3v) is 3.45. The Labute approximate surface area is 106 Å². The predicted molar refractivity (Wildman–Crippen MR) is 73.5 cm³/mol. The van der Waals surface area contributed by atoms with Crippen LogP contribution in [0.1, 0.15) is 40.0 Å². The summed E-state index contributed by atoms with van der Waals surface area (Å²) in [5.74, 6) is 0.290. The minimum atomic E-state index is -0.156. The molecule has 0 heterocycles. The van der Waals surface area contributed by atoms with Gasteiger partial charge in [0.15, 0.2) is 0 Å². The van der Waals surface area contributed by atoms with E-state index >= 15 is 0 Å². The second kappa shape index (κ2) is 7.67. The highest BCUT2D eigenvalue weighted by atomic mass is 16.5. The first-order valence-electron chi connectivity index (χ1n) is 6.35. The van der Waals surface area contributed by atoms with Gasteiger partial charge in [-0.05, 0) is 33.4 Å². The van der Waals surface area contributed by atoms with E-state index in [2.05, 4.69) is 18.9 Å². The average molecular weight is 243 g/mol. The zero-order valence-corrected chi connectivity index (χ0v) is 12.0. The summed E-state index contributed by atoms with van der Waals surface area (Å²) in [7, 11) is 3.86. The first kappa shape index (κ1) is 16.4. The summed E-state index contributed by atoms with van der Waals surface area (Å²) in [6.45, 7) is 8.08. The number of likely N-dealkylation sites (N-methyl/N-ethyl adjacent to an activating group) is 1. The van der Waals surface area contributed by atoms with E-state index in [0.29, 0.717) is 11.9 Å². The summed E-state index contributed by atoms with van der Waals surface area (Å²) in [6.07, 6.45) is 3.23. The van der Waals surface area contributed by atoms with Crippen LogP contribution in [-0.4, -0.2) is 44.1 Å². The number of methoxy groups -OCH3 is 1. The topological polar surface area (TPSA) is 62.3 Å². The zero-order valence-electron chi connectivity index (χ0n) is 12.0. The Morgan fingerprint density at radius 2 is 2.00 bits per heavy atom. The standard InChI is InChI=1S/C13H29N3O/c1-11(10-17-5)16(4)9-7-6-8-13(2,3)12(14)15/h11H,6-10H2,1-5H3,(H3,14,15). The van der Waals surface area contributed by atoms with Gasteiger partial charge in [-0.15, -0.1) is 0 Å². The Hall–Kier alpha value is -0.610. The highest BCUT2D eigenvalue weighted by Gasteiger charge is 2.20. The first-order chi connectivity index (χ1) is 7.81. The molecule has 3 N–H and O–H groups in total. The second-order valence-corrected chi connectivity index (χ2v) is 5.54. The fourth-order valence-corrected chi connectivity index (χ4v) is 1.65. The van der Waals surface area contributed by atoms with E-state index in [1.54, 1.807) is 7.11 Å². The van der Waals surface area contributed by atoms with Gasteiger partial charge in [0.25, 0.3) is 0 Å². The van der Waals surface area contributed by atoms with E-state index in [9.17, 15) is 0 Å². The van der Waals surface area contributed by atoms with Crippen molar-refractivity contribution >= 4 is 5.84 Å². The fraction of sp³-hybridized carbons (Fsp3) is 0.923. The van der Waals surface area contributed by atoms with Gasteiger partial charge in [-0.2, -0.15) is 0 Å². The number of hydrogen-bond acceptors (Lipinski definition) is 3. The van der Waals surface area contributed by atoms with E-state index in [0.717, 1.165) is 32.4 Å². The molecule has 0 saturated carbocycles. The predicted octanol–water partition coefficient (Wildman–Crippen LogP) is 2.09. The number of nitrogens with two attached hydrogens (primary N) is 1. The van der Waals surface area contributed by atoms with Crippen LogP contribution in [0, 0.1) is 10.8 Å². The van der Waals surface area contributed by atoms with Gasteiger partial charge in [0.2, 0.25) is 0 Å². The number of nitrogens with one attached hydrogen (secondary N) is 1. The van der Waals surface area contributed by atoms with Crippen molar-refractivity contribution in [3.8, 4) is 0 Å². The van der Waals surface area contributed by atoms with E-state index < -0.39 is 0 Å². The lowest BCUT2D eigenvalue weighted by atomic mass is 9.86. The molecule has 0 fully saturated rings. The summed E-state index contributed by atoms with van der Waals surface area (Å²) >= 11 is 0. The van der Waals surface area contributed by atoms with Gasteiger partial charge in [0, 0.05) is 18.6 Å². The molecule has 4 heteroatoms. The lowest BCUT2D eigenvalue weighted by Crippen LogP contribution is -2.34. The molecule has 0 amide bonds. The van der Waals surface area contributed by atoms with Crippen LogP contribution in [0.2, 0.25) is 0 Å². The zero-order chi connectivity index (χ0) is 13.5. The highest BCUT2D eigenvalue weighted by molar-refractivity contribution is 5.82. The Balaban J connectivity index is 3.74. The molecule has 17 heavy (non-hydrogen) atoms. The van der Waals surface area contributed by atoms with Crippen molar-refractivity contribution in [3.63, 3.8) is 0 Å². The molecular weight excluding hydrogens is 214 g/mol. The van der Waals surface area contributed by atoms with Crippen molar-refractivity contribution in [3.05, 3.63) is 0 Å². The Bertz CT molecular complexity index is 229. The maximum atomic E-state index is 7.49. The molecule has 0 aliphatic heterocycles. The van der Waals surface area contributed by atoms with E-state index in [-0.39, 0.29) is 5.41 Å². The molecule has 0 radical (unpaired) electrons. The van der Waals surface area contributed by atoms with E-state index in [1.807, 2.05) is 13.8 Å². The van der Waals surface area contributed by atoms with Gasteiger partial charge >= 0.3 is 0 Å². The van der Waals surface area contributed by atoms with Crippen LogP contribution < -0.4 is 5.73 Å². The molecule has 0 bridgehead atoms. The van der Waals surface area contributed by atoms with E-state index in [1.165, 1.54) is 0 Å². The number of nitrogens with zero attached hydrogens (tertiary/aromatic N) is 1. The van der Waals surface area contributed by atoms with Crippen molar-refractivity contribution in [2.75, 3.05) is 27.3 Å². The number of rotatable bonds is 9. The summed E-state index contributed by atoms with van der Waals surface area (Å²) < 4.78 is 5.13. The van der Waals surface area contributed by atoms with Gasteiger partial charge in [-0.25, -0.2) is 0 Å². The second-order valence-electron chi connectivity index (χ2n) is 5.54. The van der Waals surface area contributed by atoms with Crippen LogP contribution in [0.4, 0.5) is 0 Å². The SMILES string of the molecule is COCC(C)N(C)CCCCC(C)(C)C(=N)N. The van der Waals surface area contributed by atoms with Gasteiger partial charge in [-0.3, -0.25) is 5.41 Å².